The second-order valence-corrected chi connectivity index (χ2v) is 9.01. The first-order valence-electron chi connectivity index (χ1n) is 10.3. The highest BCUT2D eigenvalue weighted by molar-refractivity contribution is 5.79. The molecule has 5 rings (SSSR count). The smallest absolute Gasteiger partial charge is 0.145 e. The van der Waals surface area contributed by atoms with Gasteiger partial charge in [0.2, 0.25) is 0 Å². The van der Waals surface area contributed by atoms with Crippen molar-refractivity contribution in [1.29, 1.82) is 0 Å². The van der Waals surface area contributed by atoms with Gasteiger partial charge in [0, 0.05) is 30.2 Å². The summed E-state index contributed by atoms with van der Waals surface area (Å²) in [5.74, 6) is 2.63. The number of hydrogen-bond acceptors (Lipinski definition) is 4. The lowest BCUT2D eigenvalue weighted by Crippen LogP contribution is -2.22. The summed E-state index contributed by atoms with van der Waals surface area (Å²) in [6, 6.07) is 0. The van der Waals surface area contributed by atoms with Crippen LogP contribution in [0.1, 0.15) is 106 Å². The molecule has 1 aromatic heterocycles. The number of nitrogens with zero attached hydrogens (tertiary/aromatic N) is 1. The maximum absolute atomic E-state index is 11.4. The summed E-state index contributed by atoms with van der Waals surface area (Å²) in [6.07, 6.45) is 14.0. The third kappa shape index (κ3) is 3.30. The van der Waals surface area contributed by atoms with Crippen molar-refractivity contribution < 1.29 is 14.1 Å². The summed E-state index contributed by atoms with van der Waals surface area (Å²) in [5.41, 5.74) is 3.17. The zero-order valence-corrected chi connectivity index (χ0v) is 15.1. The Labute approximate surface area is 149 Å². The van der Waals surface area contributed by atoms with Gasteiger partial charge in [0.1, 0.15) is 11.5 Å². The molecule has 136 valence electrons. The number of hydrogen-bond donors (Lipinski definition) is 0. The molecule has 4 aliphatic rings. The monoisotopic (exact) mass is 343 g/mol. The zero-order valence-electron chi connectivity index (χ0n) is 15.1. The van der Waals surface area contributed by atoms with Gasteiger partial charge in [0.05, 0.1) is 18.4 Å². The van der Waals surface area contributed by atoms with Crippen LogP contribution in [0.15, 0.2) is 4.52 Å². The maximum Gasteiger partial charge on any atom is 0.145 e. The number of rotatable bonds is 5. The molecule has 0 radical (unpaired) electrons. The fraction of sp³-hybridized carbons (Fsp3) is 0.810. The van der Waals surface area contributed by atoms with Crippen LogP contribution in [-0.4, -0.2) is 17.0 Å². The van der Waals surface area contributed by atoms with E-state index in [4.69, 9.17) is 9.26 Å². The molecule has 1 heterocycles. The number of ketones is 1. The molecule has 0 aromatic carbocycles. The summed E-state index contributed by atoms with van der Waals surface area (Å²) >= 11 is 0. The second-order valence-electron chi connectivity index (χ2n) is 9.01. The summed E-state index contributed by atoms with van der Waals surface area (Å²) < 4.78 is 12.0. The normalized spacial score (nSPS) is 27.1. The van der Waals surface area contributed by atoms with Crippen LogP contribution in [0.5, 0.6) is 0 Å². The molecule has 4 heteroatoms. The molecule has 4 nitrogen and oxygen atoms in total. The van der Waals surface area contributed by atoms with E-state index in [-0.39, 0.29) is 6.10 Å². The molecule has 0 bridgehead atoms. The van der Waals surface area contributed by atoms with Gasteiger partial charge in [0.25, 0.3) is 0 Å². The summed E-state index contributed by atoms with van der Waals surface area (Å²) in [5, 5.41) is 4.54. The Kier molecular flexibility index (Phi) is 3.99. The largest absolute Gasteiger partial charge is 0.373 e. The van der Waals surface area contributed by atoms with E-state index in [0.29, 0.717) is 42.5 Å². The third-order valence-corrected chi connectivity index (χ3v) is 7.14. The van der Waals surface area contributed by atoms with Crippen molar-refractivity contribution in [2.45, 2.75) is 102 Å². The molecule has 0 amide bonds. The maximum atomic E-state index is 11.4. The lowest BCUT2D eigenvalue weighted by atomic mass is 9.77. The standard InChI is InChI=1S/C21H29NO3/c23-16-3-5-17(6-4-16)24-13-18-19(22-25-20(18)15-1-2-15)14-7-9-21(10-8-14)11-12-21/h14-15,17H,1-13H2. The van der Waals surface area contributed by atoms with E-state index in [9.17, 15) is 4.79 Å². The molecular weight excluding hydrogens is 314 g/mol. The van der Waals surface area contributed by atoms with Gasteiger partial charge in [-0.05, 0) is 69.6 Å². The van der Waals surface area contributed by atoms with E-state index in [2.05, 4.69) is 5.16 Å². The van der Waals surface area contributed by atoms with E-state index in [1.54, 1.807) is 0 Å². The third-order valence-electron chi connectivity index (χ3n) is 7.14. The van der Waals surface area contributed by atoms with Crippen molar-refractivity contribution in [2.24, 2.45) is 5.41 Å². The lowest BCUT2D eigenvalue weighted by Gasteiger charge is -2.28. The minimum Gasteiger partial charge on any atom is -0.373 e. The number of aromatic nitrogens is 1. The topological polar surface area (TPSA) is 52.3 Å². The van der Waals surface area contributed by atoms with Gasteiger partial charge >= 0.3 is 0 Å². The minimum absolute atomic E-state index is 0.230. The lowest BCUT2D eigenvalue weighted by molar-refractivity contribution is -0.123. The van der Waals surface area contributed by atoms with Crippen molar-refractivity contribution in [3.05, 3.63) is 17.0 Å². The molecule has 1 aromatic rings. The molecule has 0 saturated heterocycles. The van der Waals surface area contributed by atoms with Crippen LogP contribution in [0.25, 0.3) is 0 Å². The zero-order chi connectivity index (χ0) is 16.9. The molecule has 4 aliphatic carbocycles. The molecular formula is C21H29NO3. The number of Topliss-reactive ketones (excluding diaryl/α,β-unsaturated/α-hetero) is 1. The van der Waals surface area contributed by atoms with Crippen LogP contribution >= 0.6 is 0 Å². The van der Waals surface area contributed by atoms with Crippen LogP contribution in [-0.2, 0) is 16.1 Å². The minimum atomic E-state index is 0.230. The molecule has 1 spiro atoms. The first-order valence-corrected chi connectivity index (χ1v) is 10.3. The van der Waals surface area contributed by atoms with Crippen LogP contribution in [0.2, 0.25) is 0 Å². The highest BCUT2D eigenvalue weighted by Crippen LogP contribution is 2.59. The predicted octanol–water partition coefficient (Wildman–Crippen LogP) is 5.02. The first-order chi connectivity index (χ1) is 12.2. The highest BCUT2D eigenvalue weighted by atomic mass is 16.5. The molecule has 0 N–H and O–H groups in total. The predicted molar refractivity (Wildman–Crippen MR) is 93.4 cm³/mol. The van der Waals surface area contributed by atoms with Gasteiger partial charge in [-0.1, -0.05) is 5.16 Å². The SMILES string of the molecule is O=C1CCC(OCc2c(C3CCC4(CC3)CC4)noc2C2CC2)CC1. The second kappa shape index (κ2) is 6.22. The van der Waals surface area contributed by atoms with E-state index in [1.165, 1.54) is 62.6 Å². The van der Waals surface area contributed by atoms with Crippen molar-refractivity contribution in [3.63, 3.8) is 0 Å². The van der Waals surface area contributed by atoms with Gasteiger partial charge in [0.15, 0.2) is 0 Å². The quantitative estimate of drug-likeness (QED) is 0.753. The Morgan fingerprint density at radius 2 is 1.68 bits per heavy atom. The van der Waals surface area contributed by atoms with Crippen molar-refractivity contribution >= 4 is 5.78 Å². The number of ether oxygens (including phenoxy) is 1. The fourth-order valence-corrected chi connectivity index (χ4v) is 4.93. The molecule has 0 atom stereocenters. The Bertz CT molecular complexity index is 636. The number of carbonyl (C=O) groups excluding carboxylic acids is 1. The fourth-order valence-electron chi connectivity index (χ4n) is 4.93. The van der Waals surface area contributed by atoms with E-state index in [1.807, 2.05) is 0 Å². The van der Waals surface area contributed by atoms with E-state index < -0.39 is 0 Å². The Morgan fingerprint density at radius 3 is 2.32 bits per heavy atom. The van der Waals surface area contributed by atoms with E-state index in [0.717, 1.165) is 18.6 Å². The van der Waals surface area contributed by atoms with Gasteiger partial charge in [-0.3, -0.25) is 4.79 Å². The highest BCUT2D eigenvalue weighted by Gasteiger charge is 2.46. The van der Waals surface area contributed by atoms with Gasteiger partial charge in [-0.15, -0.1) is 0 Å². The summed E-state index contributed by atoms with van der Waals surface area (Å²) in [4.78, 5) is 11.4. The van der Waals surface area contributed by atoms with Crippen LogP contribution in [0, 0.1) is 5.41 Å². The molecule has 25 heavy (non-hydrogen) atoms. The van der Waals surface area contributed by atoms with E-state index >= 15 is 0 Å². The average molecular weight is 343 g/mol. The summed E-state index contributed by atoms with van der Waals surface area (Å²) in [7, 11) is 0. The molecule has 0 aliphatic heterocycles. The van der Waals surface area contributed by atoms with Gasteiger partial charge < -0.3 is 9.26 Å². The van der Waals surface area contributed by atoms with Crippen LogP contribution < -0.4 is 0 Å². The Morgan fingerprint density at radius 1 is 0.960 bits per heavy atom. The first kappa shape index (κ1) is 16.0. The molecule has 0 unspecified atom stereocenters. The van der Waals surface area contributed by atoms with Crippen molar-refractivity contribution in [2.75, 3.05) is 0 Å². The molecule has 4 saturated carbocycles. The average Bonchev–Trinajstić information content (AvgIpc) is 3.56. The van der Waals surface area contributed by atoms with Crippen molar-refractivity contribution in [3.8, 4) is 0 Å². The van der Waals surface area contributed by atoms with Gasteiger partial charge in [-0.25, -0.2) is 0 Å². The van der Waals surface area contributed by atoms with Crippen LogP contribution in [0.3, 0.4) is 0 Å². The number of carbonyl (C=O) groups is 1. The summed E-state index contributed by atoms with van der Waals surface area (Å²) in [6.45, 7) is 0.630. The van der Waals surface area contributed by atoms with Crippen LogP contribution in [0.4, 0.5) is 0 Å². The van der Waals surface area contributed by atoms with Gasteiger partial charge in [-0.2, -0.15) is 0 Å². The Hall–Kier alpha value is -1.16. The molecule has 4 fully saturated rings. The Balaban J connectivity index is 1.29. The van der Waals surface area contributed by atoms with Crippen molar-refractivity contribution in [1.82, 2.24) is 5.16 Å².